The summed E-state index contributed by atoms with van der Waals surface area (Å²) in [5.74, 6) is 0.694. The van der Waals surface area contributed by atoms with Gasteiger partial charge in [-0.05, 0) is 24.6 Å². The van der Waals surface area contributed by atoms with Gasteiger partial charge < -0.3 is 10.1 Å². The van der Waals surface area contributed by atoms with E-state index in [4.69, 9.17) is 5.73 Å². The van der Waals surface area contributed by atoms with Gasteiger partial charge in [0, 0.05) is 25.8 Å². The lowest BCUT2D eigenvalue weighted by Crippen LogP contribution is -2.49. The zero-order valence-corrected chi connectivity index (χ0v) is 9.21. The van der Waals surface area contributed by atoms with E-state index in [1.165, 1.54) is 5.69 Å². The van der Waals surface area contributed by atoms with Gasteiger partial charge in [0.25, 0.3) is 0 Å². The summed E-state index contributed by atoms with van der Waals surface area (Å²) < 4.78 is 2.15. The van der Waals surface area contributed by atoms with Crippen LogP contribution in [0.5, 0.6) is 0 Å². The minimum Gasteiger partial charge on any atom is -0.330 e. The van der Waals surface area contributed by atoms with E-state index in [1.54, 1.807) is 0 Å². The molecule has 0 aliphatic carbocycles. The Hall–Kier alpha value is -1.39. The first kappa shape index (κ1) is 9.81. The highest BCUT2D eigenvalue weighted by molar-refractivity contribution is 5.39. The van der Waals surface area contributed by atoms with Crippen LogP contribution in [0.1, 0.15) is 5.69 Å². The van der Waals surface area contributed by atoms with E-state index in [-0.39, 0.29) is 0 Å². The number of imidazole rings is 1. The number of hydrogen-bond acceptors (Lipinski definition) is 3. The van der Waals surface area contributed by atoms with E-state index in [0.29, 0.717) is 5.92 Å². The van der Waals surface area contributed by atoms with Crippen LogP contribution in [0.25, 0.3) is 5.65 Å². The third-order valence-corrected chi connectivity index (χ3v) is 3.25. The average molecular weight is 216 g/mol. The number of hydrogen-bond donors (Lipinski definition) is 1. The van der Waals surface area contributed by atoms with Crippen molar-refractivity contribution in [1.82, 2.24) is 14.3 Å². The topological polar surface area (TPSA) is 46.6 Å². The molecule has 0 amide bonds. The predicted octanol–water partition coefficient (Wildman–Crippen LogP) is 0.725. The first-order valence-corrected chi connectivity index (χ1v) is 5.70. The Labute approximate surface area is 94.7 Å². The summed E-state index contributed by atoms with van der Waals surface area (Å²) in [6, 6.07) is 6.08. The molecule has 3 heterocycles. The average Bonchev–Trinajstić information content (AvgIpc) is 2.66. The Bertz CT molecular complexity index is 484. The molecule has 84 valence electrons. The first-order valence-electron chi connectivity index (χ1n) is 5.70. The fourth-order valence-corrected chi connectivity index (χ4v) is 2.29. The van der Waals surface area contributed by atoms with Crippen molar-refractivity contribution in [1.29, 1.82) is 0 Å². The Balaban J connectivity index is 1.75. The van der Waals surface area contributed by atoms with Crippen LogP contribution in [0.4, 0.5) is 0 Å². The largest absolute Gasteiger partial charge is 0.330 e. The number of pyridine rings is 1. The summed E-state index contributed by atoms with van der Waals surface area (Å²) in [5.41, 5.74) is 7.89. The van der Waals surface area contributed by atoms with Crippen molar-refractivity contribution in [3.63, 3.8) is 0 Å². The molecular formula is C12H16N4. The number of rotatable bonds is 3. The van der Waals surface area contributed by atoms with Gasteiger partial charge in [0.2, 0.25) is 0 Å². The van der Waals surface area contributed by atoms with Gasteiger partial charge in [-0.2, -0.15) is 0 Å². The van der Waals surface area contributed by atoms with Crippen LogP contribution in [0.3, 0.4) is 0 Å². The molecule has 4 nitrogen and oxygen atoms in total. The van der Waals surface area contributed by atoms with Crippen LogP contribution < -0.4 is 5.73 Å². The highest BCUT2D eigenvalue weighted by atomic mass is 15.2. The van der Waals surface area contributed by atoms with E-state index in [1.807, 2.05) is 24.4 Å². The maximum Gasteiger partial charge on any atom is 0.136 e. The fraction of sp³-hybridized carbons (Fsp3) is 0.417. The van der Waals surface area contributed by atoms with Crippen molar-refractivity contribution >= 4 is 5.65 Å². The van der Waals surface area contributed by atoms with Gasteiger partial charge in [-0.3, -0.25) is 4.90 Å². The predicted molar refractivity (Wildman–Crippen MR) is 63.0 cm³/mol. The Morgan fingerprint density at radius 3 is 3.06 bits per heavy atom. The first-order chi connectivity index (χ1) is 7.86. The molecule has 3 rings (SSSR count). The second-order valence-corrected chi connectivity index (χ2v) is 4.47. The molecule has 0 bridgehead atoms. The number of nitrogens with two attached hydrogens (primary N) is 1. The minimum absolute atomic E-state index is 0.694. The smallest absolute Gasteiger partial charge is 0.136 e. The summed E-state index contributed by atoms with van der Waals surface area (Å²) >= 11 is 0. The molecule has 16 heavy (non-hydrogen) atoms. The van der Waals surface area contributed by atoms with Crippen molar-refractivity contribution in [2.75, 3.05) is 19.6 Å². The van der Waals surface area contributed by atoms with E-state index in [9.17, 15) is 0 Å². The molecule has 0 saturated carbocycles. The van der Waals surface area contributed by atoms with Crippen LogP contribution >= 0.6 is 0 Å². The van der Waals surface area contributed by atoms with Crippen LogP contribution in [0.15, 0.2) is 30.6 Å². The molecular weight excluding hydrogens is 200 g/mol. The quantitative estimate of drug-likeness (QED) is 0.822. The van der Waals surface area contributed by atoms with Crippen molar-refractivity contribution < 1.29 is 0 Å². The Kier molecular flexibility index (Phi) is 2.38. The van der Waals surface area contributed by atoms with Gasteiger partial charge >= 0.3 is 0 Å². The maximum atomic E-state index is 5.62. The molecule has 1 aliphatic rings. The lowest BCUT2D eigenvalue weighted by molar-refractivity contribution is 0.0962. The van der Waals surface area contributed by atoms with Gasteiger partial charge in [0.1, 0.15) is 5.65 Å². The molecule has 0 atom stereocenters. The molecule has 1 aliphatic heterocycles. The summed E-state index contributed by atoms with van der Waals surface area (Å²) in [7, 11) is 0. The third kappa shape index (κ3) is 1.60. The van der Waals surface area contributed by atoms with E-state index < -0.39 is 0 Å². The van der Waals surface area contributed by atoms with Gasteiger partial charge in [0.15, 0.2) is 0 Å². The molecule has 0 radical (unpaired) electrons. The summed E-state index contributed by atoms with van der Waals surface area (Å²) in [6.07, 6.45) is 4.03. The lowest BCUT2D eigenvalue weighted by atomic mass is 10.0. The number of nitrogens with zero attached hydrogens (tertiary/aromatic N) is 3. The van der Waals surface area contributed by atoms with Crippen molar-refractivity contribution in [3.8, 4) is 0 Å². The molecule has 0 unspecified atom stereocenters. The van der Waals surface area contributed by atoms with Crippen molar-refractivity contribution in [2.24, 2.45) is 11.7 Å². The van der Waals surface area contributed by atoms with E-state index in [2.05, 4.69) is 20.5 Å². The van der Waals surface area contributed by atoms with Crippen LogP contribution in [0, 0.1) is 5.92 Å². The minimum atomic E-state index is 0.694. The molecule has 2 aromatic rings. The van der Waals surface area contributed by atoms with E-state index in [0.717, 1.165) is 31.8 Å². The zero-order chi connectivity index (χ0) is 11.0. The normalized spacial score (nSPS) is 17.8. The molecule has 4 heteroatoms. The molecule has 0 aromatic carbocycles. The zero-order valence-electron chi connectivity index (χ0n) is 9.21. The van der Waals surface area contributed by atoms with Gasteiger partial charge in [0.05, 0.1) is 11.9 Å². The summed E-state index contributed by atoms with van der Waals surface area (Å²) in [5, 5.41) is 0. The number of fused-ring (bicyclic) bond motifs is 1. The molecule has 1 fully saturated rings. The van der Waals surface area contributed by atoms with Gasteiger partial charge in [-0.1, -0.05) is 6.07 Å². The van der Waals surface area contributed by atoms with Crippen LogP contribution in [-0.2, 0) is 6.54 Å². The molecule has 2 N–H and O–H groups in total. The molecule has 2 aromatic heterocycles. The highest BCUT2D eigenvalue weighted by Gasteiger charge is 2.25. The standard InChI is InChI=1S/C12H16N4/c13-5-10-7-15(8-10)9-11-6-14-12-3-1-2-4-16(11)12/h1-4,6,10H,5,7-9,13H2. The monoisotopic (exact) mass is 216 g/mol. The van der Waals surface area contributed by atoms with Crippen LogP contribution in [-0.4, -0.2) is 33.9 Å². The SMILES string of the molecule is NCC1CN(Cc2cnc3ccccn23)C1. The molecule has 1 saturated heterocycles. The second-order valence-electron chi connectivity index (χ2n) is 4.47. The van der Waals surface area contributed by atoms with E-state index >= 15 is 0 Å². The van der Waals surface area contributed by atoms with Gasteiger partial charge in [-0.25, -0.2) is 4.98 Å². The fourth-order valence-electron chi connectivity index (χ4n) is 2.29. The summed E-state index contributed by atoms with van der Waals surface area (Å²) in [6.45, 7) is 4.03. The van der Waals surface area contributed by atoms with Crippen LogP contribution in [0.2, 0.25) is 0 Å². The second kappa shape index (κ2) is 3.88. The molecule has 0 spiro atoms. The van der Waals surface area contributed by atoms with Crippen molar-refractivity contribution in [2.45, 2.75) is 6.54 Å². The highest BCUT2D eigenvalue weighted by Crippen LogP contribution is 2.18. The van der Waals surface area contributed by atoms with Gasteiger partial charge in [-0.15, -0.1) is 0 Å². The third-order valence-electron chi connectivity index (χ3n) is 3.25. The van der Waals surface area contributed by atoms with Crippen molar-refractivity contribution in [3.05, 3.63) is 36.3 Å². The Morgan fingerprint density at radius 2 is 2.25 bits per heavy atom. The number of likely N-dealkylation sites (tertiary alicyclic amines) is 1. The Morgan fingerprint density at radius 1 is 1.38 bits per heavy atom. The maximum absolute atomic E-state index is 5.62. The summed E-state index contributed by atoms with van der Waals surface area (Å²) in [4.78, 5) is 6.79. The lowest BCUT2D eigenvalue weighted by Gasteiger charge is -2.38. The number of aromatic nitrogens is 2.